The Morgan fingerprint density at radius 1 is 1.05 bits per heavy atom. The van der Waals surface area contributed by atoms with Crippen LogP contribution in [0.3, 0.4) is 0 Å². The lowest BCUT2D eigenvalue weighted by atomic mass is 9.95. The molecule has 0 bridgehead atoms. The lowest BCUT2D eigenvalue weighted by Crippen LogP contribution is -2.21. The van der Waals surface area contributed by atoms with Gasteiger partial charge in [0, 0.05) is 6.04 Å². The van der Waals surface area contributed by atoms with Gasteiger partial charge in [-0.25, -0.2) is 0 Å². The van der Waals surface area contributed by atoms with Crippen LogP contribution < -0.4 is 5.32 Å². The van der Waals surface area contributed by atoms with Crippen molar-refractivity contribution in [2.24, 2.45) is 0 Å². The van der Waals surface area contributed by atoms with Gasteiger partial charge in [0.15, 0.2) is 0 Å². The van der Waals surface area contributed by atoms with Crippen molar-refractivity contribution < 1.29 is 0 Å². The van der Waals surface area contributed by atoms with Gasteiger partial charge >= 0.3 is 0 Å². The van der Waals surface area contributed by atoms with Crippen molar-refractivity contribution in [3.05, 3.63) is 70.4 Å². The molecule has 0 saturated carbocycles. The summed E-state index contributed by atoms with van der Waals surface area (Å²) in [7, 11) is 0. The Bertz CT molecular complexity index is 682. The van der Waals surface area contributed by atoms with E-state index in [0.717, 1.165) is 19.4 Å². The molecule has 108 valence electrons. The fraction of sp³-hybridized carbons (Fsp3) is 0.263. The molecule has 1 heterocycles. The van der Waals surface area contributed by atoms with Gasteiger partial charge in [0.1, 0.15) is 0 Å². The second kappa shape index (κ2) is 6.88. The Morgan fingerprint density at radius 2 is 1.90 bits per heavy atom. The molecule has 3 rings (SSSR count). The zero-order valence-electron chi connectivity index (χ0n) is 12.4. The zero-order chi connectivity index (χ0) is 14.5. The molecule has 3 aromatic rings. The molecule has 1 atom stereocenters. The van der Waals surface area contributed by atoms with E-state index in [9.17, 15) is 0 Å². The van der Waals surface area contributed by atoms with E-state index in [1.54, 1.807) is 11.3 Å². The molecule has 2 aromatic carbocycles. The molecule has 0 aliphatic heterocycles. The first-order valence-electron chi connectivity index (χ1n) is 7.60. The highest BCUT2D eigenvalue weighted by atomic mass is 32.1. The third-order valence-electron chi connectivity index (χ3n) is 3.95. The van der Waals surface area contributed by atoms with E-state index in [4.69, 9.17) is 0 Å². The lowest BCUT2D eigenvalue weighted by Gasteiger charge is -2.20. The molecule has 0 aliphatic rings. The molecule has 0 spiro atoms. The average molecular weight is 295 g/mol. The molecule has 0 amide bonds. The summed E-state index contributed by atoms with van der Waals surface area (Å²) in [4.78, 5) is 0. The van der Waals surface area contributed by atoms with E-state index in [0.29, 0.717) is 6.04 Å². The van der Waals surface area contributed by atoms with Crippen LogP contribution in [-0.4, -0.2) is 6.54 Å². The molecule has 21 heavy (non-hydrogen) atoms. The summed E-state index contributed by atoms with van der Waals surface area (Å²) < 4.78 is 0. The largest absolute Gasteiger partial charge is 0.310 e. The average Bonchev–Trinajstić information content (AvgIpc) is 3.04. The molecular weight excluding hydrogens is 274 g/mol. The van der Waals surface area contributed by atoms with Crippen LogP contribution in [0.25, 0.3) is 10.8 Å². The third kappa shape index (κ3) is 3.34. The molecule has 0 aliphatic carbocycles. The second-order valence-electron chi connectivity index (χ2n) is 5.35. The van der Waals surface area contributed by atoms with Crippen LogP contribution in [0.5, 0.6) is 0 Å². The Balaban J connectivity index is 1.88. The van der Waals surface area contributed by atoms with Gasteiger partial charge in [0.2, 0.25) is 0 Å². The maximum absolute atomic E-state index is 3.66. The first kappa shape index (κ1) is 14.3. The van der Waals surface area contributed by atoms with Crippen molar-refractivity contribution in [2.75, 3.05) is 6.54 Å². The van der Waals surface area contributed by atoms with Crippen LogP contribution in [0, 0.1) is 0 Å². The van der Waals surface area contributed by atoms with E-state index < -0.39 is 0 Å². The van der Waals surface area contributed by atoms with Crippen LogP contribution in [0.1, 0.15) is 30.5 Å². The highest BCUT2D eigenvalue weighted by molar-refractivity contribution is 7.07. The Labute approximate surface area is 130 Å². The first-order valence-corrected chi connectivity index (χ1v) is 8.55. The summed E-state index contributed by atoms with van der Waals surface area (Å²) in [5.41, 5.74) is 2.87. The summed E-state index contributed by atoms with van der Waals surface area (Å²) >= 11 is 1.78. The summed E-state index contributed by atoms with van der Waals surface area (Å²) in [5, 5.41) is 10.8. The molecule has 0 saturated heterocycles. The number of thiophene rings is 1. The van der Waals surface area contributed by atoms with Crippen LogP contribution >= 0.6 is 11.3 Å². The van der Waals surface area contributed by atoms with E-state index in [2.05, 4.69) is 71.5 Å². The number of benzene rings is 2. The molecular formula is C19H21NS. The summed E-state index contributed by atoms with van der Waals surface area (Å²) in [6.45, 7) is 3.18. The van der Waals surface area contributed by atoms with Crippen molar-refractivity contribution in [1.29, 1.82) is 0 Å². The van der Waals surface area contributed by atoms with Crippen LogP contribution in [-0.2, 0) is 6.42 Å². The van der Waals surface area contributed by atoms with Gasteiger partial charge in [-0.2, -0.15) is 11.3 Å². The first-order chi connectivity index (χ1) is 10.4. The molecule has 1 unspecified atom stereocenters. The number of fused-ring (bicyclic) bond motifs is 1. The molecule has 2 heteroatoms. The summed E-state index contributed by atoms with van der Waals surface area (Å²) in [5.74, 6) is 0. The normalized spacial score (nSPS) is 12.6. The standard InChI is InChI=1S/C19H21NS/c1-2-20-19(11-10-15-12-13-21-14-15)18-9-5-7-16-6-3-4-8-17(16)18/h3-9,12-14,19-20H,2,10-11H2,1H3. The van der Waals surface area contributed by atoms with Gasteiger partial charge < -0.3 is 5.32 Å². The Kier molecular flexibility index (Phi) is 4.69. The van der Waals surface area contributed by atoms with E-state index in [1.807, 2.05) is 0 Å². The summed E-state index contributed by atoms with van der Waals surface area (Å²) in [6.07, 6.45) is 2.27. The molecule has 0 fully saturated rings. The maximum Gasteiger partial charge on any atom is 0.0329 e. The highest BCUT2D eigenvalue weighted by Crippen LogP contribution is 2.27. The predicted molar refractivity (Wildman–Crippen MR) is 93.0 cm³/mol. The maximum atomic E-state index is 3.66. The summed E-state index contributed by atoms with van der Waals surface area (Å²) in [6, 6.07) is 18.0. The predicted octanol–water partition coefficient (Wildman–Crippen LogP) is 5.18. The second-order valence-corrected chi connectivity index (χ2v) is 6.13. The van der Waals surface area contributed by atoms with Gasteiger partial charge in [-0.1, -0.05) is 49.4 Å². The number of rotatable bonds is 6. The SMILES string of the molecule is CCNC(CCc1ccsc1)c1cccc2ccccc12. The molecule has 1 nitrogen and oxygen atoms in total. The smallest absolute Gasteiger partial charge is 0.0329 e. The number of aryl methyl sites for hydroxylation is 1. The van der Waals surface area contributed by atoms with Crippen molar-refractivity contribution in [1.82, 2.24) is 5.32 Å². The number of nitrogens with one attached hydrogen (secondary N) is 1. The van der Waals surface area contributed by atoms with Crippen molar-refractivity contribution in [2.45, 2.75) is 25.8 Å². The minimum absolute atomic E-state index is 0.418. The van der Waals surface area contributed by atoms with Crippen molar-refractivity contribution >= 4 is 22.1 Å². The van der Waals surface area contributed by atoms with Crippen LogP contribution in [0.15, 0.2) is 59.3 Å². The molecule has 1 N–H and O–H groups in total. The lowest BCUT2D eigenvalue weighted by molar-refractivity contribution is 0.519. The van der Waals surface area contributed by atoms with E-state index >= 15 is 0 Å². The minimum atomic E-state index is 0.418. The van der Waals surface area contributed by atoms with Gasteiger partial charge in [-0.3, -0.25) is 0 Å². The Hall–Kier alpha value is -1.64. The highest BCUT2D eigenvalue weighted by Gasteiger charge is 2.13. The zero-order valence-corrected chi connectivity index (χ0v) is 13.2. The van der Waals surface area contributed by atoms with Gasteiger partial charge in [-0.15, -0.1) is 0 Å². The van der Waals surface area contributed by atoms with Crippen molar-refractivity contribution in [3.8, 4) is 0 Å². The van der Waals surface area contributed by atoms with Gasteiger partial charge in [0.25, 0.3) is 0 Å². The third-order valence-corrected chi connectivity index (χ3v) is 4.68. The molecule has 0 radical (unpaired) electrons. The van der Waals surface area contributed by atoms with Crippen molar-refractivity contribution in [3.63, 3.8) is 0 Å². The number of hydrogen-bond donors (Lipinski definition) is 1. The van der Waals surface area contributed by atoms with Crippen LogP contribution in [0.2, 0.25) is 0 Å². The van der Waals surface area contributed by atoms with E-state index in [1.165, 1.54) is 21.9 Å². The quantitative estimate of drug-likeness (QED) is 0.660. The fourth-order valence-electron chi connectivity index (χ4n) is 2.91. The Morgan fingerprint density at radius 3 is 2.71 bits per heavy atom. The number of hydrogen-bond acceptors (Lipinski definition) is 2. The van der Waals surface area contributed by atoms with Crippen LogP contribution in [0.4, 0.5) is 0 Å². The molecule has 1 aromatic heterocycles. The van der Waals surface area contributed by atoms with Gasteiger partial charge in [0.05, 0.1) is 0 Å². The monoisotopic (exact) mass is 295 g/mol. The minimum Gasteiger partial charge on any atom is -0.310 e. The fourth-order valence-corrected chi connectivity index (χ4v) is 3.62. The van der Waals surface area contributed by atoms with E-state index in [-0.39, 0.29) is 0 Å². The van der Waals surface area contributed by atoms with Gasteiger partial charge in [-0.05, 0) is 58.1 Å². The topological polar surface area (TPSA) is 12.0 Å².